The van der Waals surface area contributed by atoms with E-state index in [2.05, 4.69) is 40.1 Å². The molecule has 3 aromatic rings. The van der Waals surface area contributed by atoms with Crippen molar-refractivity contribution >= 4 is 23.3 Å². The fourth-order valence-corrected chi connectivity index (χ4v) is 4.26. The number of nitrogens with two attached hydrogens (primary N) is 1. The molecule has 1 saturated heterocycles. The Morgan fingerprint density at radius 2 is 1.50 bits per heavy atom. The third-order valence-electron chi connectivity index (χ3n) is 5.97. The van der Waals surface area contributed by atoms with Crippen molar-refractivity contribution in [1.29, 1.82) is 0 Å². The summed E-state index contributed by atoms with van der Waals surface area (Å²) in [5, 5.41) is 9.74. The summed E-state index contributed by atoms with van der Waals surface area (Å²) in [5.41, 5.74) is 11.3. The van der Waals surface area contributed by atoms with Crippen LogP contribution in [0.1, 0.15) is 11.1 Å². The van der Waals surface area contributed by atoms with E-state index in [0.29, 0.717) is 6.42 Å². The predicted octanol–water partition coefficient (Wildman–Crippen LogP) is 4.28. The molecule has 0 spiro atoms. The van der Waals surface area contributed by atoms with Crippen molar-refractivity contribution in [1.82, 2.24) is 4.90 Å². The molecule has 6 heteroatoms. The normalized spacial score (nSPS) is 15.5. The number of anilines is 1. The van der Waals surface area contributed by atoms with E-state index in [-0.39, 0.29) is 0 Å². The topological polar surface area (TPSA) is 69.8 Å². The van der Waals surface area contributed by atoms with E-state index in [0.717, 1.165) is 54.4 Å². The van der Waals surface area contributed by atoms with Crippen LogP contribution >= 0.6 is 11.6 Å². The summed E-state index contributed by atoms with van der Waals surface area (Å²) in [4.78, 5) is 15.8. The zero-order chi connectivity index (χ0) is 22.5. The van der Waals surface area contributed by atoms with Gasteiger partial charge in [0, 0.05) is 43.4 Å². The average molecular weight is 450 g/mol. The largest absolute Gasteiger partial charge is 0.480 e. The Labute approximate surface area is 194 Å². The maximum absolute atomic E-state index is 10.9. The van der Waals surface area contributed by atoms with Gasteiger partial charge in [-0.15, -0.1) is 0 Å². The smallest absolute Gasteiger partial charge is 0.320 e. The van der Waals surface area contributed by atoms with E-state index < -0.39 is 12.0 Å². The molecule has 0 radical (unpaired) electrons. The number of hydrogen-bond donors (Lipinski definition) is 2. The Bertz CT molecular complexity index is 1050. The lowest BCUT2D eigenvalue weighted by Crippen LogP contribution is -2.45. The summed E-state index contributed by atoms with van der Waals surface area (Å²) < 4.78 is 0. The summed E-state index contributed by atoms with van der Waals surface area (Å²) >= 11 is 6.13. The van der Waals surface area contributed by atoms with Crippen molar-refractivity contribution < 1.29 is 9.90 Å². The first-order chi connectivity index (χ1) is 15.5. The minimum Gasteiger partial charge on any atom is -0.480 e. The van der Waals surface area contributed by atoms with E-state index in [9.17, 15) is 4.79 Å². The first-order valence-corrected chi connectivity index (χ1v) is 11.3. The molecule has 3 N–H and O–H groups in total. The van der Waals surface area contributed by atoms with Crippen molar-refractivity contribution in [3.63, 3.8) is 0 Å². The highest BCUT2D eigenvalue weighted by molar-refractivity contribution is 6.30. The second kappa shape index (κ2) is 10.2. The number of carboxylic acid groups (broad SMARTS) is 1. The van der Waals surface area contributed by atoms with Gasteiger partial charge in [0.05, 0.1) is 0 Å². The lowest BCUT2D eigenvalue weighted by molar-refractivity contribution is -0.138. The molecule has 0 aliphatic carbocycles. The number of hydrogen-bond acceptors (Lipinski definition) is 4. The van der Waals surface area contributed by atoms with Gasteiger partial charge in [-0.1, -0.05) is 66.2 Å². The van der Waals surface area contributed by atoms with Crippen LogP contribution in [0.5, 0.6) is 0 Å². The molecule has 1 aliphatic heterocycles. The molecular weight excluding hydrogens is 422 g/mol. The minimum absolute atomic E-state index is 0.332. The second-order valence-electron chi connectivity index (χ2n) is 8.29. The molecule has 0 aromatic heterocycles. The summed E-state index contributed by atoms with van der Waals surface area (Å²) in [6.07, 6.45) is 0.332. The monoisotopic (exact) mass is 449 g/mol. The van der Waals surface area contributed by atoms with Crippen LogP contribution in [0, 0.1) is 0 Å². The highest BCUT2D eigenvalue weighted by atomic mass is 35.5. The average Bonchev–Trinajstić information content (AvgIpc) is 2.80. The van der Waals surface area contributed by atoms with Crippen molar-refractivity contribution in [2.45, 2.75) is 19.0 Å². The molecule has 32 heavy (non-hydrogen) atoms. The highest BCUT2D eigenvalue weighted by Gasteiger charge is 2.17. The van der Waals surface area contributed by atoms with Crippen LogP contribution in [0.2, 0.25) is 5.02 Å². The lowest BCUT2D eigenvalue weighted by atomic mass is 10.00. The fraction of sp³-hybridized carbons (Fsp3) is 0.269. The maximum Gasteiger partial charge on any atom is 0.320 e. The summed E-state index contributed by atoms with van der Waals surface area (Å²) in [6.45, 7) is 4.98. The van der Waals surface area contributed by atoms with Gasteiger partial charge < -0.3 is 15.7 Å². The fourth-order valence-electron chi connectivity index (χ4n) is 4.07. The lowest BCUT2D eigenvalue weighted by Gasteiger charge is -2.36. The third-order valence-corrected chi connectivity index (χ3v) is 6.20. The molecule has 4 rings (SSSR count). The van der Waals surface area contributed by atoms with Gasteiger partial charge in [0.15, 0.2) is 0 Å². The van der Waals surface area contributed by atoms with Gasteiger partial charge in [-0.3, -0.25) is 9.69 Å². The molecule has 1 fully saturated rings. The molecule has 1 unspecified atom stereocenters. The van der Waals surface area contributed by atoms with Gasteiger partial charge in [-0.25, -0.2) is 0 Å². The minimum atomic E-state index is -0.976. The number of nitrogens with zero attached hydrogens (tertiary/aromatic N) is 2. The van der Waals surface area contributed by atoms with Crippen LogP contribution in [-0.2, 0) is 17.8 Å². The first-order valence-electron chi connectivity index (χ1n) is 10.9. The number of rotatable bonds is 7. The Morgan fingerprint density at radius 1 is 0.906 bits per heavy atom. The van der Waals surface area contributed by atoms with Gasteiger partial charge in [-0.05, 0) is 46.9 Å². The molecule has 5 nitrogen and oxygen atoms in total. The zero-order valence-corrected chi connectivity index (χ0v) is 18.7. The van der Waals surface area contributed by atoms with Crippen LogP contribution in [0.25, 0.3) is 11.1 Å². The first kappa shape index (κ1) is 22.3. The number of aliphatic carboxylic acids is 1. The van der Waals surface area contributed by atoms with Gasteiger partial charge in [-0.2, -0.15) is 0 Å². The molecule has 0 bridgehead atoms. The molecule has 1 aliphatic rings. The van der Waals surface area contributed by atoms with Gasteiger partial charge in [0.25, 0.3) is 0 Å². The van der Waals surface area contributed by atoms with Gasteiger partial charge >= 0.3 is 5.97 Å². The SMILES string of the molecule is NC(Cc1ccc(-c2ccc(CN3CCN(c4cccc(Cl)c4)CC3)cc2)cc1)C(=O)O. The maximum atomic E-state index is 10.9. The Hall–Kier alpha value is -2.86. The molecule has 0 saturated carbocycles. The summed E-state index contributed by atoms with van der Waals surface area (Å²) in [7, 11) is 0. The molecule has 3 aromatic carbocycles. The van der Waals surface area contributed by atoms with Crippen molar-refractivity contribution in [3.05, 3.63) is 88.9 Å². The molecule has 0 amide bonds. The van der Waals surface area contributed by atoms with E-state index in [1.54, 1.807) is 0 Å². The number of carboxylic acids is 1. The van der Waals surface area contributed by atoms with Crippen molar-refractivity contribution in [2.24, 2.45) is 5.73 Å². The Balaban J connectivity index is 1.31. The number of carbonyl (C=O) groups is 1. The van der Waals surface area contributed by atoms with Crippen LogP contribution in [0.4, 0.5) is 5.69 Å². The standard InChI is InChI=1S/C26H28ClN3O2/c27-23-2-1-3-24(17-23)30-14-12-29(13-15-30)18-20-6-10-22(11-7-20)21-8-4-19(5-9-21)16-25(28)26(31)32/h1-11,17,25H,12-16,18,28H2,(H,31,32). The zero-order valence-electron chi connectivity index (χ0n) is 18.0. The van der Waals surface area contributed by atoms with E-state index >= 15 is 0 Å². The highest BCUT2D eigenvalue weighted by Crippen LogP contribution is 2.23. The number of piperazine rings is 1. The second-order valence-corrected chi connectivity index (χ2v) is 8.72. The van der Waals surface area contributed by atoms with Crippen molar-refractivity contribution in [3.8, 4) is 11.1 Å². The predicted molar refractivity (Wildman–Crippen MR) is 130 cm³/mol. The van der Waals surface area contributed by atoms with E-state index in [1.807, 2.05) is 42.5 Å². The third kappa shape index (κ3) is 5.68. The molecule has 1 atom stereocenters. The van der Waals surface area contributed by atoms with E-state index in [1.165, 1.54) is 11.3 Å². The number of halogens is 1. The number of benzene rings is 3. The Kier molecular flexibility index (Phi) is 7.10. The molecule has 1 heterocycles. The summed E-state index contributed by atoms with van der Waals surface area (Å²) in [5.74, 6) is -0.976. The van der Waals surface area contributed by atoms with Crippen LogP contribution in [0.15, 0.2) is 72.8 Å². The van der Waals surface area contributed by atoms with Crippen LogP contribution < -0.4 is 10.6 Å². The molecule has 166 valence electrons. The van der Waals surface area contributed by atoms with Gasteiger partial charge in [0.1, 0.15) is 6.04 Å². The summed E-state index contributed by atoms with van der Waals surface area (Å²) in [6, 6.07) is 23.8. The Morgan fingerprint density at radius 3 is 2.06 bits per heavy atom. The van der Waals surface area contributed by atoms with Crippen LogP contribution in [0.3, 0.4) is 0 Å². The quantitative estimate of drug-likeness (QED) is 0.563. The van der Waals surface area contributed by atoms with Crippen LogP contribution in [-0.4, -0.2) is 48.2 Å². The van der Waals surface area contributed by atoms with Crippen molar-refractivity contribution in [2.75, 3.05) is 31.1 Å². The molecular formula is C26H28ClN3O2. The van der Waals surface area contributed by atoms with Gasteiger partial charge in [0.2, 0.25) is 0 Å². The van der Waals surface area contributed by atoms with E-state index in [4.69, 9.17) is 22.4 Å².